The first-order valence-corrected chi connectivity index (χ1v) is 8.91. The molecule has 0 aromatic carbocycles. The molecule has 0 atom stereocenters. The third-order valence-corrected chi connectivity index (χ3v) is 5.14. The molecule has 3 rings (SSSR count). The number of nitrogens with zero attached hydrogens (tertiary/aromatic N) is 3. The number of piperidine rings is 1. The van der Waals surface area contributed by atoms with E-state index in [4.69, 9.17) is 4.52 Å². The van der Waals surface area contributed by atoms with Gasteiger partial charge in [0.2, 0.25) is 0 Å². The summed E-state index contributed by atoms with van der Waals surface area (Å²) >= 11 is 1.53. The van der Waals surface area contributed by atoms with E-state index in [-0.39, 0.29) is 5.91 Å². The average Bonchev–Trinajstić information content (AvgIpc) is 2.99. The van der Waals surface area contributed by atoms with Crippen LogP contribution in [0.4, 0.5) is 0 Å². The van der Waals surface area contributed by atoms with Crippen LogP contribution in [0.5, 0.6) is 0 Å². The molecule has 1 aliphatic heterocycles. The first-order chi connectivity index (χ1) is 11.1. The molecule has 3 heterocycles. The normalized spacial score (nSPS) is 15.8. The number of aromatic nitrogens is 2. The van der Waals surface area contributed by atoms with Crippen LogP contribution in [0.1, 0.15) is 41.6 Å². The maximum atomic E-state index is 12.8. The molecule has 23 heavy (non-hydrogen) atoms. The fourth-order valence-corrected chi connectivity index (χ4v) is 3.55. The van der Waals surface area contributed by atoms with Gasteiger partial charge in [-0.1, -0.05) is 23.8 Å². The van der Waals surface area contributed by atoms with Crippen molar-refractivity contribution in [2.75, 3.05) is 13.1 Å². The summed E-state index contributed by atoms with van der Waals surface area (Å²) in [5.74, 6) is 2.23. The van der Waals surface area contributed by atoms with Crippen molar-refractivity contribution in [2.45, 2.75) is 37.5 Å². The molecular formula is C17H21N3O2S. The number of hydrogen-bond acceptors (Lipinski definition) is 5. The van der Waals surface area contributed by atoms with Gasteiger partial charge in [-0.3, -0.25) is 4.79 Å². The van der Waals surface area contributed by atoms with E-state index in [1.807, 2.05) is 30.0 Å². The highest BCUT2D eigenvalue weighted by Crippen LogP contribution is 2.26. The number of carbonyl (C=O) groups excluding carboxylic acids is 1. The Morgan fingerprint density at radius 3 is 2.91 bits per heavy atom. The predicted molar refractivity (Wildman–Crippen MR) is 89.3 cm³/mol. The Balaban J connectivity index is 1.71. The van der Waals surface area contributed by atoms with Gasteiger partial charge in [0.25, 0.3) is 5.91 Å². The molecule has 0 spiro atoms. The largest absolute Gasteiger partial charge is 0.361 e. The minimum Gasteiger partial charge on any atom is -0.361 e. The molecule has 1 amide bonds. The van der Waals surface area contributed by atoms with Gasteiger partial charge in [-0.15, -0.1) is 0 Å². The Kier molecular flexibility index (Phi) is 5.00. The lowest BCUT2D eigenvalue weighted by Gasteiger charge is -2.30. The van der Waals surface area contributed by atoms with E-state index in [1.54, 1.807) is 6.20 Å². The van der Waals surface area contributed by atoms with Crippen LogP contribution in [0, 0.1) is 12.8 Å². The third kappa shape index (κ3) is 3.93. The van der Waals surface area contributed by atoms with Crippen LogP contribution < -0.4 is 0 Å². The summed E-state index contributed by atoms with van der Waals surface area (Å²) < 4.78 is 5.08. The first kappa shape index (κ1) is 16.1. The average molecular weight is 331 g/mol. The molecular weight excluding hydrogens is 310 g/mol. The van der Waals surface area contributed by atoms with E-state index < -0.39 is 0 Å². The minimum atomic E-state index is 0.0869. The molecule has 2 aromatic heterocycles. The number of amides is 1. The Labute approximate surface area is 140 Å². The van der Waals surface area contributed by atoms with E-state index >= 15 is 0 Å². The molecule has 122 valence electrons. The van der Waals surface area contributed by atoms with Crippen molar-refractivity contribution in [1.82, 2.24) is 15.0 Å². The van der Waals surface area contributed by atoms with E-state index in [9.17, 15) is 4.79 Å². The van der Waals surface area contributed by atoms with Gasteiger partial charge in [0, 0.05) is 31.1 Å². The number of aryl methyl sites for hydroxylation is 1. The van der Waals surface area contributed by atoms with Crippen molar-refractivity contribution in [3.05, 3.63) is 41.4 Å². The first-order valence-electron chi connectivity index (χ1n) is 7.93. The van der Waals surface area contributed by atoms with Gasteiger partial charge in [0.05, 0.1) is 11.3 Å². The Morgan fingerprint density at radius 1 is 1.43 bits per heavy atom. The van der Waals surface area contributed by atoms with Crippen molar-refractivity contribution in [3.63, 3.8) is 0 Å². The maximum absolute atomic E-state index is 12.8. The zero-order valence-corrected chi connectivity index (χ0v) is 14.3. The van der Waals surface area contributed by atoms with Crippen molar-refractivity contribution in [3.8, 4) is 0 Å². The van der Waals surface area contributed by atoms with Crippen LogP contribution in [0.2, 0.25) is 0 Å². The van der Waals surface area contributed by atoms with Gasteiger partial charge in [-0.05, 0) is 37.8 Å². The molecule has 0 radical (unpaired) electrons. The molecule has 0 N–H and O–H groups in total. The number of pyridine rings is 1. The zero-order chi connectivity index (χ0) is 16.2. The summed E-state index contributed by atoms with van der Waals surface area (Å²) in [5.41, 5.74) is 1.55. The second-order valence-electron chi connectivity index (χ2n) is 6.05. The standard InChI is InChI=1S/C17H21N3O2S/c1-12-5-8-20(9-6-12)17(21)15-4-3-7-18-16(15)23-11-14-10-13(2)22-19-14/h3-4,7,10,12H,5-6,8-9,11H2,1-2H3. The summed E-state index contributed by atoms with van der Waals surface area (Å²) in [6.07, 6.45) is 3.88. The van der Waals surface area contributed by atoms with Crippen molar-refractivity contribution >= 4 is 17.7 Å². The summed E-state index contributed by atoms with van der Waals surface area (Å²) in [6.45, 7) is 5.78. The highest BCUT2D eigenvalue weighted by atomic mass is 32.2. The Morgan fingerprint density at radius 2 is 2.22 bits per heavy atom. The lowest BCUT2D eigenvalue weighted by molar-refractivity contribution is 0.0693. The second-order valence-corrected chi connectivity index (χ2v) is 7.01. The van der Waals surface area contributed by atoms with E-state index in [0.29, 0.717) is 17.2 Å². The number of hydrogen-bond donors (Lipinski definition) is 0. The van der Waals surface area contributed by atoms with Crippen molar-refractivity contribution in [2.24, 2.45) is 5.92 Å². The summed E-state index contributed by atoms with van der Waals surface area (Å²) in [5, 5.41) is 4.75. The summed E-state index contributed by atoms with van der Waals surface area (Å²) in [7, 11) is 0. The molecule has 0 unspecified atom stereocenters. The molecule has 0 bridgehead atoms. The second kappa shape index (κ2) is 7.17. The van der Waals surface area contributed by atoms with Gasteiger partial charge in [0.1, 0.15) is 10.8 Å². The molecule has 1 fully saturated rings. The fraction of sp³-hybridized carbons (Fsp3) is 0.471. The highest BCUT2D eigenvalue weighted by molar-refractivity contribution is 7.98. The fourth-order valence-electron chi connectivity index (χ4n) is 2.68. The topological polar surface area (TPSA) is 59.2 Å². The van der Waals surface area contributed by atoms with Crippen LogP contribution in [0.25, 0.3) is 0 Å². The van der Waals surface area contributed by atoms with Gasteiger partial charge in [0.15, 0.2) is 0 Å². The Hall–Kier alpha value is -1.82. The smallest absolute Gasteiger partial charge is 0.256 e. The molecule has 0 aliphatic carbocycles. The van der Waals surface area contributed by atoms with Gasteiger partial charge in [-0.25, -0.2) is 4.98 Å². The van der Waals surface area contributed by atoms with E-state index in [2.05, 4.69) is 17.1 Å². The number of thioether (sulfide) groups is 1. The van der Waals surface area contributed by atoms with Crippen molar-refractivity contribution < 1.29 is 9.32 Å². The monoisotopic (exact) mass is 331 g/mol. The third-order valence-electron chi connectivity index (χ3n) is 4.11. The molecule has 6 heteroatoms. The van der Waals surface area contributed by atoms with E-state index in [1.165, 1.54) is 11.8 Å². The maximum Gasteiger partial charge on any atom is 0.256 e. The zero-order valence-electron chi connectivity index (χ0n) is 13.5. The summed E-state index contributed by atoms with van der Waals surface area (Å²) in [6, 6.07) is 5.59. The molecule has 1 aliphatic rings. The van der Waals surface area contributed by atoms with Crippen molar-refractivity contribution in [1.29, 1.82) is 0 Å². The molecule has 5 nitrogen and oxygen atoms in total. The molecule has 2 aromatic rings. The minimum absolute atomic E-state index is 0.0869. The van der Waals surface area contributed by atoms with Crippen LogP contribution in [0.15, 0.2) is 33.9 Å². The van der Waals surface area contributed by atoms with Gasteiger partial charge in [-0.2, -0.15) is 0 Å². The number of carbonyl (C=O) groups is 1. The van der Waals surface area contributed by atoms with Crippen LogP contribution in [-0.2, 0) is 5.75 Å². The highest BCUT2D eigenvalue weighted by Gasteiger charge is 2.23. The van der Waals surface area contributed by atoms with Crippen LogP contribution in [0.3, 0.4) is 0 Å². The SMILES string of the molecule is Cc1cc(CSc2ncccc2C(=O)N2CCC(C)CC2)no1. The molecule has 0 saturated carbocycles. The summed E-state index contributed by atoms with van der Waals surface area (Å²) in [4.78, 5) is 19.1. The predicted octanol–water partition coefficient (Wildman–Crippen LogP) is 3.54. The van der Waals surface area contributed by atoms with Crippen LogP contribution in [-0.4, -0.2) is 34.0 Å². The van der Waals surface area contributed by atoms with E-state index in [0.717, 1.165) is 42.4 Å². The van der Waals surface area contributed by atoms with Crippen LogP contribution >= 0.6 is 11.8 Å². The van der Waals surface area contributed by atoms with Gasteiger partial charge >= 0.3 is 0 Å². The lowest BCUT2D eigenvalue weighted by atomic mass is 9.99. The van der Waals surface area contributed by atoms with Gasteiger partial charge < -0.3 is 9.42 Å². The lowest BCUT2D eigenvalue weighted by Crippen LogP contribution is -2.38. The number of likely N-dealkylation sites (tertiary alicyclic amines) is 1. The Bertz CT molecular complexity index is 678. The number of rotatable bonds is 4. The molecule has 1 saturated heterocycles. The quantitative estimate of drug-likeness (QED) is 0.802.